The van der Waals surface area contributed by atoms with Crippen LogP contribution in [0.1, 0.15) is 279 Å². The average molecular weight is 807 g/mol. The lowest BCUT2D eigenvalue weighted by atomic mass is 10.0. The molecule has 0 aromatic rings. The van der Waals surface area contributed by atoms with Crippen LogP contribution in [0.5, 0.6) is 0 Å². The molecule has 6 heteroatoms. The third-order valence-electron chi connectivity index (χ3n) is 11.5. The molecule has 338 valence electrons. The molecular formula is C51H98O6. The SMILES string of the molecule is CCCCCCCCCCCC(=O)O[C@H](COC(=O)CCCCCCCCCCCCCCCCC(C)C)COC(=O)CCCCCCCCCCCCC(C)C. The quantitative estimate of drug-likeness (QED) is 0.0346. The molecule has 0 heterocycles. The Hall–Kier alpha value is -1.59. The minimum Gasteiger partial charge on any atom is -0.462 e. The zero-order chi connectivity index (χ0) is 41.9. The fraction of sp³-hybridized carbons (Fsp3) is 0.941. The highest BCUT2D eigenvalue weighted by Crippen LogP contribution is 2.17. The maximum atomic E-state index is 12.7. The van der Waals surface area contributed by atoms with Crippen molar-refractivity contribution in [3.63, 3.8) is 0 Å². The van der Waals surface area contributed by atoms with Gasteiger partial charge in [-0.25, -0.2) is 0 Å². The number of carbonyl (C=O) groups is 3. The predicted molar refractivity (Wildman–Crippen MR) is 243 cm³/mol. The van der Waals surface area contributed by atoms with Crippen LogP contribution in [0.4, 0.5) is 0 Å². The molecule has 0 unspecified atom stereocenters. The third-order valence-corrected chi connectivity index (χ3v) is 11.5. The fourth-order valence-electron chi connectivity index (χ4n) is 7.64. The number of unbranched alkanes of at least 4 members (excludes halogenated alkanes) is 30. The summed E-state index contributed by atoms with van der Waals surface area (Å²) in [5, 5.41) is 0. The topological polar surface area (TPSA) is 78.9 Å². The molecule has 0 radical (unpaired) electrons. The van der Waals surface area contributed by atoms with Gasteiger partial charge in [0.15, 0.2) is 6.10 Å². The van der Waals surface area contributed by atoms with Crippen molar-refractivity contribution >= 4 is 17.9 Å². The lowest BCUT2D eigenvalue weighted by molar-refractivity contribution is -0.167. The molecule has 1 atom stereocenters. The first kappa shape index (κ1) is 55.4. The Morgan fingerprint density at radius 2 is 0.579 bits per heavy atom. The summed E-state index contributed by atoms with van der Waals surface area (Å²) < 4.78 is 16.8. The van der Waals surface area contributed by atoms with Crippen molar-refractivity contribution in [2.75, 3.05) is 13.2 Å². The summed E-state index contributed by atoms with van der Waals surface area (Å²) in [6.45, 7) is 11.3. The molecule has 0 amide bonds. The Labute approximate surface area is 355 Å². The minimum atomic E-state index is -0.760. The summed E-state index contributed by atoms with van der Waals surface area (Å²) in [5.74, 6) is 0.811. The summed E-state index contributed by atoms with van der Waals surface area (Å²) in [6, 6.07) is 0. The van der Waals surface area contributed by atoms with Crippen LogP contribution in [-0.4, -0.2) is 37.2 Å². The monoisotopic (exact) mass is 807 g/mol. The lowest BCUT2D eigenvalue weighted by Gasteiger charge is -2.18. The van der Waals surface area contributed by atoms with Gasteiger partial charge in [-0.05, 0) is 31.1 Å². The Morgan fingerprint density at radius 1 is 0.333 bits per heavy atom. The highest BCUT2D eigenvalue weighted by molar-refractivity contribution is 5.71. The molecule has 0 aromatic heterocycles. The predicted octanol–water partition coefficient (Wildman–Crippen LogP) is 16.1. The molecule has 0 N–H and O–H groups in total. The Kier molecular flexibility index (Phi) is 42.7. The fourth-order valence-corrected chi connectivity index (χ4v) is 7.64. The normalized spacial score (nSPS) is 12.1. The maximum Gasteiger partial charge on any atom is 0.306 e. The van der Waals surface area contributed by atoms with Crippen LogP contribution in [0.25, 0.3) is 0 Å². The molecule has 0 aliphatic carbocycles. The maximum absolute atomic E-state index is 12.7. The molecular weight excluding hydrogens is 709 g/mol. The van der Waals surface area contributed by atoms with E-state index >= 15 is 0 Å². The van der Waals surface area contributed by atoms with E-state index in [1.165, 1.54) is 167 Å². The van der Waals surface area contributed by atoms with Gasteiger partial charge < -0.3 is 14.2 Å². The van der Waals surface area contributed by atoms with Gasteiger partial charge in [-0.15, -0.1) is 0 Å². The zero-order valence-electron chi connectivity index (χ0n) is 39.0. The van der Waals surface area contributed by atoms with Gasteiger partial charge in [0.05, 0.1) is 0 Å². The smallest absolute Gasteiger partial charge is 0.306 e. The van der Waals surface area contributed by atoms with Crippen LogP contribution < -0.4 is 0 Å². The molecule has 6 nitrogen and oxygen atoms in total. The van der Waals surface area contributed by atoms with Crippen LogP contribution in [0, 0.1) is 11.8 Å². The number of rotatable bonds is 45. The third kappa shape index (κ3) is 45.3. The van der Waals surface area contributed by atoms with E-state index in [9.17, 15) is 14.4 Å². The van der Waals surface area contributed by atoms with Crippen molar-refractivity contribution in [1.29, 1.82) is 0 Å². The first-order valence-electron chi connectivity index (χ1n) is 25.2. The van der Waals surface area contributed by atoms with Gasteiger partial charge in [0.1, 0.15) is 13.2 Å². The van der Waals surface area contributed by atoms with Crippen LogP contribution in [0.15, 0.2) is 0 Å². The number of ether oxygens (including phenoxy) is 3. The molecule has 0 aliphatic heterocycles. The van der Waals surface area contributed by atoms with E-state index in [1.807, 2.05) is 0 Å². The van der Waals surface area contributed by atoms with Crippen molar-refractivity contribution in [3.05, 3.63) is 0 Å². The number of esters is 3. The average Bonchev–Trinajstić information content (AvgIpc) is 3.18. The van der Waals surface area contributed by atoms with Crippen LogP contribution in [0.2, 0.25) is 0 Å². The van der Waals surface area contributed by atoms with E-state index in [1.54, 1.807) is 0 Å². The van der Waals surface area contributed by atoms with E-state index in [4.69, 9.17) is 14.2 Å². The zero-order valence-corrected chi connectivity index (χ0v) is 39.0. The van der Waals surface area contributed by atoms with Crippen molar-refractivity contribution < 1.29 is 28.6 Å². The second-order valence-electron chi connectivity index (χ2n) is 18.4. The Morgan fingerprint density at radius 3 is 0.860 bits per heavy atom. The standard InChI is InChI=1S/C51H98O6/c1-6-7-8-9-10-19-28-33-38-43-51(54)57-48(45-56-50(53)42-37-32-27-23-18-17-21-25-30-35-40-47(4)5)44-55-49(52)41-36-31-26-22-16-14-12-11-13-15-20-24-29-34-39-46(2)3/h46-48H,6-45H2,1-5H3/t48-/m1/s1. The van der Waals surface area contributed by atoms with Crippen molar-refractivity contribution in [3.8, 4) is 0 Å². The summed E-state index contributed by atoms with van der Waals surface area (Å²) in [5.41, 5.74) is 0. The molecule has 0 saturated carbocycles. The summed E-state index contributed by atoms with van der Waals surface area (Å²) in [4.78, 5) is 37.8. The number of hydrogen-bond acceptors (Lipinski definition) is 6. The Bertz CT molecular complexity index is 870. The van der Waals surface area contributed by atoms with Gasteiger partial charge in [0.25, 0.3) is 0 Å². The van der Waals surface area contributed by atoms with E-state index in [2.05, 4.69) is 34.6 Å². The number of hydrogen-bond donors (Lipinski definition) is 0. The molecule has 0 fully saturated rings. The molecule has 0 saturated heterocycles. The van der Waals surface area contributed by atoms with Crippen molar-refractivity contribution in [1.82, 2.24) is 0 Å². The van der Waals surface area contributed by atoms with Crippen LogP contribution >= 0.6 is 0 Å². The highest BCUT2D eigenvalue weighted by Gasteiger charge is 2.19. The molecule has 0 aliphatic rings. The first-order chi connectivity index (χ1) is 27.7. The summed E-state index contributed by atoms with van der Waals surface area (Å²) in [6.07, 6.45) is 43.8. The summed E-state index contributed by atoms with van der Waals surface area (Å²) >= 11 is 0. The first-order valence-corrected chi connectivity index (χ1v) is 25.2. The largest absolute Gasteiger partial charge is 0.462 e. The van der Waals surface area contributed by atoms with E-state index in [0.29, 0.717) is 19.3 Å². The lowest BCUT2D eigenvalue weighted by Crippen LogP contribution is -2.30. The molecule has 0 aromatic carbocycles. The van der Waals surface area contributed by atoms with Gasteiger partial charge in [0.2, 0.25) is 0 Å². The van der Waals surface area contributed by atoms with Crippen LogP contribution in [-0.2, 0) is 28.6 Å². The second-order valence-corrected chi connectivity index (χ2v) is 18.4. The van der Waals surface area contributed by atoms with Gasteiger partial charge >= 0.3 is 17.9 Å². The van der Waals surface area contributed by atoms with E-state index < -0.39 is 6.10 Å². The van der Waals surface area contributed by atoms with Gasteiger partial charge in [-0.1, -0.05) is 240 Å². The van der Waals surface area contributed by atoms with E-state index in [-0.39, 0.29) is 31.1 Å². The van der Waals surface area contributed by atoms with E-state index in [0.717, 1.165) is 69.6 Å². The van der Waals surface area contributed by atoms with Gasteiger partial charge in [-0.3, -0.25) is 14.4 Å². The molecule has 0 rings (SSSR count). The summed E-state index contributed by atoms with van der Waals surface area (Å²) in [7, 11) is 0. The number of carbonyl (C=O) groups excluding carboxylic acids is 3. The van der Waals surface area contributed by atoms with Crippen LogP contribution in [0.3, 0.4) is 0 Å². The molecule has 0 spiro atoms. The molecule has 0 bridgehead atoms. The van der Waals surface area contributed by atoms with Gasteiger partial charge in [-0.2, -0.15) is 0 Å². The highest BCUT2D eigenvalue weighted by atomic mass is 16.6. The van der Waals surface area contributed by atoms with Crippen molar-refractivity contribution in [2.45, 2.75) is 285 Å². The van der Waals surface area contributed by atoms with Crippen molar-refractivity contribution in [2.24, 2.45) is 11.8 Å². The molecule has 57 heavy (non-hydrogen) atoms. The minimum absolute atomic E-state index is 0.0640. The second kappa shape index (κ2) is 44.0. The van der Waals surface area contributed by atoms with Gasteiger partial charge in [0, 0.05) is 19.3 Å². The Balaban J connectivity index is 4.24.